The highest BCUT2D eigenvalue weighted by Crippen LogP contribution is 2.26. The lowest BCUT2D eigenvalue weighted by molar-refractivity contribution is -0.385. The van der Waals surface area contributed by atoms with Crippen LogP contribution in [0.15, 0.2) is 18.2 Å². The number of hydrogen-bond acceptors (Lipinski definition) is 4. The smallest absolute Gasteiger partial charge is 0.272 e. The zero-order valence-electron chi connectivity index (χ0n) is 8.05. The molecule has 1 aliphatic heterocycles. The highest BCUT2D eigenvalue weighted by molar-refractivity contribution is 7.80. The van der Waals surface area contributed by atoms with Crippen LogP contribution >= 0.6 is 12.2 Å². The monoisotopic (exact) mass is 242 g/mol. The van der Waals surface area contributed by atoms with Gasteiger partial charge in [-0.05, 0) is 18.3 Å². The second kappa shape index (κ2) is 4.01. The topological polar surface area (TPSA) is 55.6 Å². The van der Waals surface area contributed by atoms with Crippen molar-refractivity contribution >= 4 is 28.8 Å². The standard InChI is InChI=1S/C9H7FN2O3S/c10-7-5-6(12(13)14)1-2-8(7)11-3-4-15-9(11)16/h1-2,5H,3-4H2. The summed E-state index contributed by atoms with van der Waals surface area (Å²) < 4.78 is 18.6. The van der Waals surface area contributed by atoms with Crippen molar-refractivity contribution in [2.75, 3.05) is 18.1 Å². The van der Waals surface area contributed by atoms with E-state index in [1.54, 1.807) is 0 Å². The van der Waals surface area contributed by atoms with Gasteiger partial charge in [0.2, 0.25) is 0 Å². The average Bonchev–Trinajstić information content (AvgIpc) is 2.64. The van der Waals surface area contributed by atoms with E-state index < -0.39 is 10.7 Å². The maximum absolute atomic E-state index is 13.6. The van der Waals surface area contributed by atoms with Crippen LogP contribution in [0.4, 0.5) is 15.8 Å². The highest BCUT2D eigenvalue weighted by atomic mass is 32.1. The Kier molecular flexibility index (Phi) is 2.69. The summed E-state index contributed by atoms with van der Waals surface area (Å²) in [5.41, 5.74) is -0.0830. The van der Waals surface area contributed by atoms with Gasteiger partial charge in [0.1, 0.15) is 6.61 Å². The van der Waals surface area contributed by atoms with Gasteiger partial charge < -0.3 is 4.74 Å². The van der Waals surface area contributed by atoms with Crippen LogP contribution in [-0.4, -0.2) is 23.2 Å². The summed E-state index contributed by atoms with van der Waals surface area (Å²) in [6, 6.07) is 3.43. The van der Waals surface area contributed by atoms with Crippen molar-refractivity contribution in [1.29, 1.82) is 0 Å². The maximum Gasteiger partial charge on any atom is 0.272 e. The van der Waals surface area contributed by atoms with E-state index in [9.17, 15) is 14.5 Å². The Bertz CT molecular complexity index is 466. The molecule has 1 aromatic carbocycles. The summed E-state index contributed by atoms with van der Waals surface area (Å²) in [4.78, 5) is 11.2. The van der Waals surface area contributed by atoms with Crippen molar-refractivity contribution in [3.05, 3.63) is 34.1 Å². The van der Waals surface area contributed by atoms with E-state index in [1.807, 2.05) is 0 Å². The molecule has 0 bridgehead atoms. The molecule has 0 saturated carbocycles. The van der Waals surface area contributed by atoms with E-state index in [2.05, 4.69) is 0 Å². The Morgan fingerprint density at radius 1 is 1.56 bits per heavy atom. The molecule has 0 aromatic heterocycles. The predicted molar refractivity (Wildman–Crippen MR) is 59.0 cm³/mol. The number of nitrogens with zero attached hydrogens (tertiary/aromatic N) is 2. The fourth-order valence-electron chi connectivity index (χ4n) is 1.44. The second-order valence-electron chi connectivity index (χ2n) is 3.16. The van der Waals surface area contributed by atoms with Gasteiger partial charge in [0.05, 0.1) is 23.2 Å². The molecular formula is C9H7FN2O3S. The second-order valence-corrected chi connectivity index (χ2v) is 3.51. The minimum absolute atomic E-state index is 0.188. The molecule has 0 N–H and O–H groups in total. The lowest BCUT2D eigenvalue weighted by atomic mass is 10.2. The maximum atomic E-state index is 13.6. The van der Waals surface area contributed by atoms with Crippen molar-refractivity contribution in [3.63, 3.8) is 0 Å². The lowest BCUT2D eigenvalue weighted by Gasteiger charge is -2.15. The first-order valence-electron chi connectivity index (χ1n) is 4.48. The van der Waals surface area contributed by atoms with Crippen LogP contribution in [0.25, 0.3) is 0 Å². The van der Waals surface area contributed by atoms with E-state index in [0.717, 1.165) is 6.07 Å². The van der Waals surface area contributed by atoms with Gasteiger partial charge in [-0.15, -0.1) is 0 Å². The van der Waals surface area contributed by atoms with Crippen LogP contribution < -0.4 is 4.90 Å². The van der Waals surface area contributed by atoms with Gasteiger partial charge in [0, 0.05) is 6.07 Å². The molecule has 2 rings (SSSR count). The van der Waals surface area contributed by atoms with Crippen molar-refractivity contribution in [2.45, 2.75) is 0 Å². The quantitative estimate of drug-likeness (QED) is 0.450. The summed E-state index contributed by atoms with van der Waals surface area (Å²) in [5, 5.41) is 10.6. The Labute approximate surface area is 95.6 Å². The average molecular weight is 242 g/mol. The third kappa shape index (κ3) is 1.81. The minimum atomic E-state index is -0.679. The zero-order valence-corrected chi connectivity index (χ0v) is 8.87. The molecule has 16 heavy (non-hydrogen) atoms. The first-order chi connectivity index (χ1) is 7.59. The number of thiocarbonyl (C=S) groups is 1. The molecule has 1 aromatic rings. The first kappa shape index (κ1) is 10.7. The number of anilines is 1. The third-order valence-electron chi connectivity index (χ3n) is 2.19. The fourth-order valence-corrected chi connectivity index (χ4v) is 1.71. The predicted octanol–water partition coefficient (Wildman–Crippen LogP) is 1.86. The molecule has 84 valence electrons. The molecular weight excluding hydrogens is 235 g/mol. The summed E-state index contributed by atoms with van der Waals surface area (Å²) in [7, 11) is 0. The Morgan fingerprint density at radius 2 is 2.31 bits per heavy atom. The number of rotatable bonds is 2. The van der Waals surface area contributed by atoms with E-state index in [-0.39, 0.29) is 16.5 Å². The van der Waals surface area contributed by atoms with Gasteiger partial charge in [-0.1, -0.05) is 0 Å². The first-order valence-corrected chi connectivity index (χ1v) is 4.88. The number of benzene rings is 1. The van der Waals surface area contributed by atoms with Gasteiger partial charge >= 0.3 is 0 Å². The van der Waals surface area contributed by atoms with Crippen molar-refractivity contribution in [2.24, 2.45) is 0 Å². The number of halogens is 1. The molecule has 0 spiro atoms. The molecule has 1 fully saturated rings. The van der Waals surface area contributed by atoms with Crippen LogP contribution in [0.3, 0.4) is 0 Å². The molecule has 1 aliphatic rings. The summed E-state index contributed by atoms with van der Waals surface area (Å²) in [6.07, 6.45) is 0. The largest absolute Gasteiger partial charge is 0.469 e. The van der Waals surface area contributed by atoms with Crippen LogP contribution in [0.1, 0.15) is 0 Å². The van der Waals surface area contributed by atoms with E-state index >= 15 is 0 Å². The SMILES string of the molecule is O=[N+]([O-])c1ccc(N2CCOC2=S)c(F)c1. The summed E-state index contributed by atoms with van der Waals surface area (Å²) in [5.74, 6) is -0.679. The van der Waals surface area contributed by atoms with Crippen LogP contribution in [0.2, 0.25) is 0 Å². The Balaban J connectivity index is 2.36. The van der Waals surface area contributed by atoms with Crippen LogP contribution in [-0.2, 0) is 4.74 Å². The van der Waals surface area contributed by atoms with Crippen LogP contribution in [0, 0.1) is 15.9 Å². The Morgan fingerprint density at radius 3 is 2.81 bits per heavy atom. The van der Waals surface area contributed by atoms with Gasteiger partial charge in [0.25, 0.3) is 10.9 Å². The molecule has 0 unspecified atom stereocenters. The van der Waals surface area contributed by atoms with E-state index in [0.29, 0.717) is 13.2 Å². The van der Waals surface area contributed by atoms with Crippen molar-refractivity contribution < 1.29 is 14.1 Å². The number of nitro groups is 1. The molecule has 1 heterocycles. The van der Waals surface area contributed by atoms with Crippen molar-refractivity contribution in [3.8, 4) is 0 Å². The summed E-state index contributed by atoms with van der Waals surface area (Å²) in [6.45, 7) is 0.850. The molecule has 7 heteroatoms. The van der Waals surface area contributed by atoms with Gasteiger partial charge in [-0.2, -0.15) is 0 Å². The molecule has 1 saturated heterocycles. The normalized spacial score (nSPS) is 15.1. The van der Waals surface area contributed by atoms with Crippen LogP contribution in [0.5, 0.6) is 0 Å². The minimum Gasteiger partial charge on any atom is -0.469 e. The number of non-ortho nitro benzene ring substituents is 1. The molecule has 5 nitrogen and oxygen atoms in total. The highest BCUT2D eigenvalue weighted by Gasteiger charge is 2.23. The number of ether oxygens (including phenoxy) is 1. The van der Waals surface area contributed by atoms with E-state index in [1.165, 1.54) is 17.0 Å². The molecule has 0 atom stereocenters. The molecule has 0 aliphatic carbocycles. The van der Waals surface area contributed by atoms with Gasteiger partial charge in [-0.25, -0.2) is 4.39 Å². The number of hydrogen-bond donors (Lipinski definition) is 0. The summed E-state index contributed by atoms with van der Waals surface area (Å²) >= 11 is 4.87. The van der Waals surface area contributed by atoms with Gasteiger partial charge in [-0.3, -0.25) is 15.0 Å². The van der Waals surface area contributed by atoms with Gasteiger partial charge in [0.15, 0.2) is 5.82 Å². The third-order valence-corrected chi connectivity index (χ3v) is 2.53. The zero-order chi connectivity index (χ0) is 11.7. The Hall–Kier alpha value is -1.76. The molecule has 0 radical (unpaired) electrons. The number of nitro benzene ring substituents is 1. The molecule has 0 amide bonds. The van der Waals surface area contributed by atoms with Crippen molar-refractivity contribution in [1.82, 2.24) is 0 Å². The van der Waals surface area contributed by atoms with E-state index in [4.69, 9.17) is 17.0 Å². The lowest BCUT2D eigenvalue weighted by Crippen LogP contribution is -2.24. The fraction of sp³-hybridized carbons (Fsp3) is 0.222.